The van der Waals surface area contributed by atoms with Crippen LogP contribution in [0.15, 0.2) is 27.4 Å². The fourth-order valence-electron chi connectivity index (χ4n) is 1.91. The smallest absolute Gasteiger partial charge is 0.408 e. The Hall–Kier alpha value is -2.08. The number of aromatic amines is 1. The normalized spacial score (nSPS) is 11.1. The number of carbonyl (C=O) groups excluding carboxylic acids is 1. The molecule has 0 unspecified atom stereocenters. The number of carbonyl (C=O) groups is 1. The SMILES string of the molecule is CN(C)NC(=O)CCCc1ccc2oc(=O)[nH]c2c1. The molecule has 1 aromatic heterocycles. The maximum atomic E-state index is 11.4. The van der Waals surface area contributed by atoms with Crippen LogP contribution in [0.25, 0.3) is 11.1 Å². The molecule has 0 saturated carbocycles. The molecular formula is C13H17N3O3. The van der Waals surface area contributed by atoms with E-state index < -0.39 is 5.76 Å². The van der Waals surface area contributed by atoms with Gasteiger partial charge in [0, 0.05) is 20.5 Å². The lowest BCUT2D eigenvalue weighted by atomic mass is 10.1. The zero-order chi connectivity index (χ0) is 13.8. The van der Waals surface area contributed by atoms with Crippen molar-refractivity contribution in [3.63, 3.8) is 0 Å². The van der Waals surface area contributed by atoms with Crippen LogP contribution in [0.3, 0.4) is 0 Å². The van der Waals surface area contributed by atoms with Crippen LogP contribution in [0.2, 0.25) is 0 Å². The summed E-state index contributed by atoms with van der Waals surface area (Å²) >= 11 is 0. The summed E-state index contributed by atoms with van der Waals surface area (Å²) in [5.74, 6) is -0.444. The van der Waals surface area contributed by atoms with Gasteiger partial charge in [0.2, 0.25) is 5.91 Å². The predicted octanol–water partition coefficient (Wildman–Crippen LogP) is 1.04. The summed E-state index contributed by atoms with van der Waals surface area (Å²) in [6.07, 6.45) is 2.01. The number of amides is 1. The fourth-order valence-corrected chi connectivity index (χ4v) is 1.91. The molecule has 0 aliphatic rings. The Labute approximate surface area is 110 Å². The van der Waals surface area contributed by atoms with Gasteiger partial charge >= 0.3 is 5.76 Å². The second-order valence-corrected chi connectivity index (χ2v) is 4.63. The number of hydrogen-bond acceptors (Lipinski definition) is 4. The molecule has 0 atom stereocenters. The molecule has 1 amide bonds. The number of hydrazine groups is 1. The first-order valence-electron chi connectivity index (χ1n) is 6.13. The van der Waals surface area contributed by atoms with Gasteiger partial charge in [-0.25, -0.2) is 9.80 Å². The van der Waals surface area contributed by atoms with Crippen molar-refractivity contribution in [2.45, 2.75) is 19.3 Å². The molecule has 6 nitrogen and oxygen atoms in total. The van der Waals surface area contributed by atoms with Crippen LogP contribution in [-0.4, -0.2) is 30.0 Å². The summed E-state index contributed by atoms with van der Waals surface area (Å²) in [6, 6.07) is 5.55. The predicted molar refractivity (Wildman–Crippen MR) is 71.6 cm³/mol. The number of H-pyrrole nitrogens is 1. The average Bonchev–Trinajstić information content (AvgIpc) is 2.67. The van der Waals surface area contributed by atoms with Gasteiger partial charge in [-0.1, -0.05) is 6.07 Å². The zero-order valence-corrected chi connectivity index (χ0v) is 11.0. The quantitative estimate of drug-likeness (QED) is 0.790. The Balaban J connectivity index is 1.91. The van der Waals surface area contributed by atoms with Gasteiger partial charge in [-0.2, -0.15) is 0 Å². The van der Waals surface area contributed by atoms with E-state index in [9.17, 15) is 9.59 Å². The number of hydrogen-bond donors (Lipinski definition) is 2. The van der Waals surface area contributed by atoms with Gasteiger partial charge in [-0.15, -0.1) is 0 Å². The Morgan fingerprint density at radius 2 is 2.21 bits per heavy atom. The summed E-state index contributed by atoms with van der Waals surface area (Å²) in [5.41, 5.74) is 5.01. The molecule has 0 aliphatic carbocycles. The highest BCUT2D eigenvalue weighted by Gasteiger charge is 2.04. The molecule has 0 spiro atoms. The largest absolute Gasteiger partial charge is 0.417 e. The molecule has 0 aliphatic heterocycles. The highest BCUT2D eigenvalue weighted by Crippen LogP contribution is 2.14. The highest BCUT2D eigenvalue weighted by molar-refractivity contribution is 5.75. The number of oxazole rings is 1. The van der Waals surface area contributed by atoms with Gasteiger partial charge in [0.15, 0.2) is 5.58 Å². The van der Waals surface area contributed by atoms with E-state index in [1.165, 1.54) is 0 Å². The standard InChI is InChI=1S/C13H17N3O3/c1-16(2)15-12(17)5-3-4-9-6-7-11-10(8-9)14-13(18)19-11/h6-8H,3-5H2,1-2H3,(H,14,18)(H,15,17). The Morgan fingerprint density at radius 3 is 2.95 bits per heavy atom. The van der Waals surface area contributed by atoms with Gasteiger partial charge in [0.1, 0.15) is 0 Å². The van der Waals surface area contributed by atoms with E-state index in [1.54, 1.807) is 25.2 Å². The molecule has 1 heterocycles. The Kier molecular flexibility index (Phi) is 4.01. The van der Waals surface area contributed by atoms with Gasteiger partial charge < -0.3 is 4.42 Å². The van der Waals surface area contributed by atoms with Gasteiger partial charge in [0.25, 0.3) is 0 Å². The summed E-state index contributed by atoms with van der Waals surface area (Å²) in [4.78, 5) is 25.1. The minimum Gasteiger partial charge on any atom is -0.408 e. The Morgan fingerprint density at radius 1 is 1.42 bits per heavy atom. The molecule has 2 N–H and O–H groups in total. The van der Waals surface area contributed by atoms with E-state index in [0.29, 0.717) is 17.5 Å². The van der Waals surface area contributed by atoms with Crippen molar-refractivity contribution in [2.24, 2.45) is 0 Å². The minimum atomic E-state index is -0.447. The molecule has 0 bridgehead atoms. The zero-order valence-electron chi connectivity index (χ0n) is 11.0. The van der Waals surface area contributed by atoms with E-state index in [2.05, 4.69) is 10.4 Å². The lowest BCUT2D eigenvalue weighted by molar-refractivity contribution is -0.124. The van der Waals surface area contributed by atoms with Crippen LogP contribution in [0, 0.1) is 0 Å². The summed E-state index contributed by atoms with van der Waals surface area (Å²) < 4.78 is 4.93. The Bertz CT molecular complexity index is 627. The fraction of sp³-hybridized carbons (Fsp3) is 0.385. The average molecular weight is 263 g/mol. The third-order valence-corrected chi connectivity index (χ3v) is 2.70. The maximum Gasteiger partial charge on any atom is 0.417 e. The molecule has 2 rings (SSSR count). The minimum absolute atomic E-state index is 0.00259. The summed E-state index contributed by atoms with van der Waals surface area (Å²) in [7, 11) is 3.56. The van der Waals surface area contributed by atoms with Crippen LogP contribution >= 0.6 is 0 Å². The van der Waals surface area contributed by atoms with Crippen LogP contribution in [-0.2, 0) is 11.2 Å². The van der Waals surface area contributed by atoms with Gasteiger partial charge in [-0.3, -0.25) is 15.2 Å². The second kappa shape index (κ2) is 5.71. The first-order valence-corrected chi connectivity index (χ1v) is 6.13. The molecule has 0 radical (unpaired) electrons. The molecule has 19 heavy (non-hydrogen) atoms. The first-order chi connectivity index (χ1) is 9.04. The van der Waals surface area contributed by atoms with E-state index in [0.717, 1.165) is 18.4 Å². The van der Waals surface area contributed by atoms with Crippen LogP contribution < -0.4 is 11.2 Å². The molecule has 1 aromatic carbocycles. The number of aromatic nitrogens is 1. The number of fused-ring (bicyclic) bond motifs is 1. The van der Waals surface area contributed by atoms with Crippen molar-refractivity contribution in [3.8, 4) is 0 Å². The molecule has 102 valence electrons. The van der Waals surface area contributed by atoms with Crippen LogP contribution in [0.1, 0.15) is 18.4 Å². The second-order valence-electron chi connectivity index (χ2n) is 4.63. The van der Waals surface area contributed by atoms with Crippen molar-refractivity contribution in [2.75, 3.05) is 14.1 Å². The van der Waals surface area contributed by atoms with Crippen molar-refractivity contribution < 1.29 is 9.21 Å². The maximum absolute atomic E-state index is 11.4. The van der Waals surface area contributed by atoms with Crippen molar-refractivity contribution >= 4 is 17.0 Å². The van der Waals surface area contributed by atoms with Crippen molar-refractivity contribution in [1.82, 2.24) is 15.4 Å². The van der Waals surface area contributed by atoms with E-state index in [-0.39, 0.29) is 5.91 Å². The number of benzene rings is 1. The molecule has 0 fully saturated rings. The van der Waals surface area contributed by atoms with Gasteiger partial charge in [-0.05, 0) is 30.5 Å². The van der Waals surface area contributed by atoms with E-state index >= 15 is 0 Å². The third-order valence-electron chi connectivity index (χ3n) is 2.70. The summed E-state index contributed by atoms with van der Waals surface area (Å²) in [6.45, 7) is 0. The number of aryl methyl sites for hydroxylation is 1. The first kappa shape index (κ1) is 13.4. The van der Waals surface area contributed by atoms with E-state index in [4.69, 9.17) is 4.42 Å². The lowest BCUT2D eigenvalue weighted by Crippen LogP contribution is -2.35. The van der Waals surface area contributed by atoms with Crippen LogP contribution in [0.5, 0.6) is 0 Å². The lowest BCUT2D eigenvalue weighted by Gasteiger charge is -2.11. The molecule has 6 heteroatoms. The summed E-state index contributed by atoms with van der Waals surface area (Å²) in [5, 5.41) is 1.63. The molecule has 2 aromatic rings. The number of nitrogens with one attached hydrogen (secondary N) is 2. The van der Waals surface area contributed by atoms with Crippen molar-refractivity contribution in [3.05, 3.63) is 34.3 Å². The molecule has 0 saturated heterocycles. The number of rotatable bonds is 5. The monoisotopic (exact) mass is 263 g/mol. The topological polar surface area (TPSA) is 78.3 Å². The molecular weight excluding hydrogens is 246 g/mol. The van der Waals surface area contributed by atoms with Crippen LogP contribution in [0.4, 0.5) is 0 Å². The highest BCUT2D eigenvalue weighted by atomic mass is 16.4. The van der Waals surface area contributed by atoms with E-state index in [1.807, 2.05) is 12.1 Å². The van der Waals surface area contributed by atoms with Crippen molar-refractivity contribution in [1.29, 1.82) is 0 Å². The van der Waals surface area contributed by atoms with Gasteiger partial charge in [0.05, 0.1) is 5.52 Å². The number of nitrogens with zero attached hydrogens (tertiary/aromatic N) is 1. The third kappa shape index (κ3) is 3.69.